The van der Waals surface area contributed by atoms with Crippen LogP contribution in [0.15, 0.2) is 29.2 Å². The van der Waals surface area contributed by atoms with Crippen LogP contribution in [0.5, 0.6) is 0 Å². The number of hydrogen-bond donors (Lipinski definition) is 3. The number of amides is 1. The number of halogens is 3. The normalized spacial score (nSPS) is 17.3. The molecule has 0 spiro atoms. The molecule has 1 aliphatic carbocycles. The average Bonchev–Trinajstić information content (AvgIpc) is 2.86. The molecule has 1 aromatic carbocycles. The van der Waals surface area contributed by atoms with Crippen LogP contribution in [0.25, 0.3) is 0 Å². The summed E-state index contributed by atoms with van der Waals surface area (Å²) in [5.41, 5.74) is -0.898. The third-order valence-corrected chi connectivity index (χ3v) is 6.34. The zero-order valence-corrected chi connectivity index (χ0v) is 16.4. The van der Waals surface area contributed by atoms with Gasteiger partial charge in [-0.05, 0) is 37.1 Å². The molecule has 0 aliphatic heterocycles. The maximum Gasteiger partial charge on any atom is 0.402 e. The lowest BCUT2D eigenvalue weighted by atomic mass is 9.77. The fraction of sp³-hybridized carbons (Fsp3) is 0.556. The first-order valence-electron chi connectivity index (χ1n) is 9.13. The number of aliphatic carboxylic acids is 1. The summed E-state index contributed by atoms with van der Waals surface area (Å²) in [6.07, 6.45) is -0.734. The first-order valence-corrected chi connectivity index (χ1v) is 10.6. The molecule has 1 amide bonds. The zero-order valence-electron chi connectivity index (χ0n) is 15.6. The minimum Gasteiger partial charge on any atom is -0.481 e. The molecule has 2 rings (SSSR count). The lowest BCUT2D eigenvalue weighted by Crippen LogP contribution is -2.35. The van der Waals surface area contributed by atoms with E-state index >= 15 is 0 Å². The summed E-state index contributed by atoms with van der Waals surface area (Å²) < 4.78 is 61.8. The van der Waals surface area contributed by atoms with Gasteiger partial charge in [0.2, 0.25) is 15.9 Å². The summed E-state index contributed by atoms with van der Waals surface area (Å²) in [7, 11) is -4.35. The van der Waals surface area contributed by atoms with Gasteiger partial charge in [0.1, 0.15) is 6.54 Å². The summed E-state index contributed by atoms with van der Waals surface area (Å²) in [5, 5.41) is 12.2. The van der Waals surface area contributed by atoms with Gasteiger partial charge in [0.05, 0.1) is 10.3 Å². The van der Waals surface area contributed by atoms with E-state index in [2.05, 4.69) is 5.32 Å². The van der Waals surface area contributed by atoms with E-state index < -0.39 is 40.0 Å². The molecule has 29 heavy (non-hydrogen) atoms. The van der Waals surface area contributed by atoms with Crippen molar-refractivity contribution in [3.8, 4) is 0 Å². The number of anilines is 1. The number of carbonyl (C=O) groups excluding carboxylic acids is 1. The van der Waals surface area contributed by atoms with E-state index in [4.69, 9.17) is 0 Å². The van der Waals surface area contributed by atoms with Gasteiger partial charge in [0.25, 0.3) is 0 Å². The molecule has 0 atom stereocenters. The zero-order chi connectivity index (χ0) is 21.7. The van der Waals surface area contributed by atoms with Crippen molar-refractivity contribution in [3.05, 3.63) is 24.3 Å². The molecule has 1 saturated carbocycles. The molecule has 1 fully saturated rings. The Morgan fingerprint density at radius 1 is 1.03 bits per heavy atom. The van der Waals surface area contributed by atoms with Crippen molar-refractivity contribution in [2.24, 2.45) is 5.41 Å². The third kappa shape index (κ3) is 6.70. The molecule has 1 aromatic rings. The van der Waals surface area contributed by atoms with E-state index in [1.807, 2.05) is 0 Å². The van der Waals surface area contributed by atoms with Crippen LogP contribution in [0, 0.1) is 5.41 Å². The summed E-state index contributed by atoms with van der Waals surface area (Å²) in [5.74, 6) is -1.52. The van der Waals surface area contributed by atoms with Gasteiger partial charge >= 0.3 is 12.1 Å². The number of benzene rings is 1. The highest BCUT2D eigenvalue weighted by molar-refractivity contribution is 7.89. The molecule has 1 aliphatic rings. The third-order valence-electron chi connectivity index (χ3n) is 4.92. The molecule has 3 N–H and O–H groups in total. The Bertz CT molecular complexity index is 830. The van der Waals surface area contributed by atoms with Gasteiger partial charge in [-0.25, -0.2) is 13.1 Å². The summed E-state index contributed by atoms with van der Waals surface area (Å²) >= 11 is 0. The van der Waals surface area contributed by atoms with Crippen LogP contribution < -0.4 is 10.0 Å². The molecule has 0 saturated heterocycles. The summed E-state index contributed by atoms with van der Waals surface area (Å²) in [6.45, 7) is -1.69. The second-order valence-electron chi connectivity index (χ2n) is 7.19. The largest absolute Gasteiger partial charge is 0.481 e. The Kier molecular flexibility index (Phi) is 7.28. The van der Waals surface area contributed by atoms with Crippen LogP contribution in [0.4, 0.5) is 18.9 Å². The maximum atomic E-state index is 12.4. The van der Waals surface area contributed by atoms with E-state index in [9.17, 15) is 36.3 Å². The van der Waals surface area contributed by atoms with E-state index in [0.717, 1.165) is 37.8 Å². The van der Waals surface area contributed by atoms with Crippen molar-refractivity contribution in [1.29, 1.82) is 0 Å². The van der Waals surface area contributed by atoms with Crippen molar-refractivity contribution in [3.63, 3.8) is 0 Å². The predicted octanol–water partition coefficient (Wildman–Crippen LogP) is 3.28. The molecule has 0 unspecified atom stereocenters. The second-order valence-corrected chi connectivity index (χ2v) is 8.96. The van der Waals surface area contributed by atoms with Gasteiger partial charge in [0, 0.05) is 12.1 Å². The van der Waals surface area contributed by atoms with Crippen molar-refractivity contribution in [1.82, 2.24) is 4.72 Å². The Morgan fingerprint density at radius 2 is 1.59 bits per heavy atom. The van der Waals surface area contributed by atoms with Crippen LogP contribution in [0.1, 0.15) is 44.9 Å². The van der Waals surface area contributed by atoms with Gasteiger partial charge in [-0.2, -0.15) is 13.2 Å². The quantitative estimate of drug-likeness (QED) is 0.568. The minimum atomic E-state index is -4.68. The second kappa shape index (κ2) is 9.12. The lowest BCUT2D eigenvalue weighted by Gasteiger charge is -2.27. The number of carboxylic acid groups (broad SMARTS) is 1. The molecule has 11 heteroatoms. The first kappa shape index (κ1) is 23.1. The van der Waals surface area contributed by atoms with Crippen molar-refractivity contribution in [2.45, 2.75) is 56.0 Å². The molecule has 162 valence electrons. The first-order chi connectivity index (χ1) is 13.4. The Morgan fingerprint density at radius 3 is 2.07 bits per heavy atom. The highest BCUT2D eigenvalue weighted by Gasteiger charge is 2.40. The number of rotatable bonds is 7. The molecule has 7 nitrogen and oxygen atoms in total. The van der Waals surface area contributed by atoms with Crippen LogP contribution in [0.2, 0.25) is 0 Å². The topological polar surface area (TPSA) is 113 Å². The van der Waals surface area contributed by atoms with Gasteiger partial charge < -0.3 is 10.4 Å². The van der Waals surface area contributed by atoms with Crippen LogP contribution in [-0.2, 0) is 19.6 Å². The van der Waals surface area contributed by atoms with Gasteiger partial charge in [-0.15, -0.1) is 0 Å². The molecule has 0 heterocycles. The van der Waals surface area contributed by atoms with E-state index in [-0.39, 0.29) is 17.0 Å². The van der Waals surface area contributed by atoms with Crippen molar-refractivity contribution >= 4 is 27.6 Å². The number of sulfonamides is 1. The average molecular weight is 436 g/mol. The van der Waals surface area contributed by atoms with E-state index in [1.54, 1.807) is 0 Å². The Labute approximate surface area is 166 Å². The van der Waals surface area contributed by atoms with E-state index in [0.29, 0.717) is 12.8 Å². The number of carboxylic acids is 1. The number of alkyl halides is 3. The molecular formula is C18H23F3N2O5S. The molecule has 0 aromatic heterocycles. The highest BCUT2D eigenvalue weighted by atomic mass is 32.2. The molecule has 0 bridgehead atoms. The summed E-state index contributed by atoms with van der Waals surface area (Å²) in [4.78, 5) is 23.8. The number of hydrogen-bond acceptors (Lipinski definition) is 4. The fourth-order valence-corrected chi connectivity index (χ4v) is 4.38. The molecular weight excluding hydrogens is 413 g/mol. The fourth-order valence-electron chi connectivity index (χ4n) is 3.36. The maximum absolute atomic E-state index is 12.4. The summed E-state index contributed by atoms with van der Waals surface area (Å²) in [6, 6.07) is 4.60. The standard InChI is InChI=1S/C18H23F3N2O5S/c19-18(20,21)12-22-29(27,28)14-7-5-13(6-8-14)23-15(24)11-17(16(25)26)9-3-1-2-4-10-17/h5-8,22H,1-4,9-12H2,(H,23,24)(H,25,26). The Balaban J connectivity index is 2.03. The predicted molar refractivity (Wildman–Crippen MR) is 98.7 cm³/mol. The minimum absolute atomic E-state index is 0.199. The van der Waals surface area contributed by atoms with E-state index in [1.165, 1.54) is 16.9 Å². The van der Waals surface area contributed by atoms with Crippen molar-refractivity contribution in [2.75, 3.05) is 11.9 Å². The number of nitrogens with one attached hydrogen (secondary N) is 2. The SMILES string of the molecule is O=C(CC1(C(=O)O)CCCCCC1)Nc1ccc(S(=O)(=O)NCC(F)(F)F)cc1. The van der Waals surface area contributed by atoms with Crippen LogP contribution in [-0.4, -0.2) is 38.1 Å². The van der Waals surface area contributed by atoms with Gasteiger partial charge in [0.15, 0.2) is 0 Å². The monoisotopic (exact) mass is 436 g/mol. The number of carbonyl (C=O) groups is 2. The Hall–Kier alpha value is -2.14. The van der Waals surface area contributed by atoms with Gasteiger partial charge in [-0.3, -0.25) is 9.59 Å². The van der Waals surface area contributed by atoms with Crippen molar-refractivity contribution < 1.29 is 36.3 Å². The molecule has 0 radical (unpaired) electrons. The highest BCUT2D eigenvalue weighted by Crippen LogP contribution is 2.38. The lowest BCUT2D eigenvalue weighted by molar-refractivity contribution is -0.152. The van der Waals surface area contributed by atoms with Crippen LogP contribution in [0.3, 0.4) is 0 Å². The smallest absolute Gasteiger partial charge is 0.402 e. The van der Waals surface area contributed by atoms with Gasteiger partial charge in [-0.1, -0.05) is 25.7 Å². The van der Waals surface area contributed by atoms with Crippen LogP contribution >= 0.6 is 0 Å².